The second-order valence-electron chi connectivity index (χ2n) is 5.05. The van der Waals surface area contributed by atoms with Gasteiger partial charge in [0.25, 0.3) is 0 Å². The maximum Gasteiger partial charge on any atom is 0.124 e. The monoisotopic (exact) mass is 349 g/mol. The topological polar surface area (TPSA) is 55.5 Å². The number of aliphatic hydroxyl groups excluding tert-OH is 1. The quantitative estimate of drug-likeness (QED) is 0.867. The molecule has 0 heterocycles. The van der Waals surface area contributed by atoms with Crippen LogP contribution in [0.15, 0.2) is 46.9 Å². The van der Waals surface area contributed by atoms with Crippen LogP contribution in [0.3, 0.4) is 0 Å². The van der Waals surface area contributed by atoms with Gasteiger partial charge in [0.2, 0.25) is 0 Å². The van der Waals surface area contributed by atoms with Crippen molar-refractivity contribution in [1.82, 2.24) is 0 Å². The third-order valence-corrected chi connectivity index (χ3v) is 4.37. The smallest absolute Gasteiger partial charge is 0.124 e. The number of aryl methyl sites for hydroxylation is 1. The highest BCUT2D eigenvalue weighted by atomic mass is 79.9. The van der Waals surface area contributed by atoms with Gasteiger partial charge in [0.15, 0.2) is 0 Å². The Morgan fingerprint density at radius 2 is 1.90 bits per heavy atom. The zero-order chi connectivity index (χ0) is 15.4. The van der Waals surface area contributed by atoms with E-state index in [9.17, 15) is 5.11 Å². The van der Waals surface area contributed by atoms with E-state index in [0.29, 0.717) is 12.3 Å². The van der Waals surface area contributed by atoms with E-state index in [1.54, 1.807) is 7.11 Å². The average Bonchev–Trinajstić information content (AvgIpc) is 2.49. The standard InChI is InChI=1S/C17H20BrNO2/c1-11-7-8-16(21-2)13(9-11)17(20)14(10-19)12-5-3-4-6-15(12)18/h3-9,14,17,20H,10,19H2,1-2H3. The van der Waals surface area contributed by atoms with Crippen LogP contribution < -0.4 is 10.5 Å². The molecular formula is C17H20BrNO2. The van der Waals surface area contributed by atoms with Gasteiger partial charge in [0.05, 0.1) is 13.2 Å². The average molecular weight is 350 g/mol. The summed E-state index contributed by atoms with van der Waals surface area (Å²) >= 11 is 3.53. The van der Waals surface area contributed by atoms with Crippen LogP contribution in [-0.2, 0) is 0 Å². The Hall–Kier alpha value is -1.36. The van der Waals surface area contributed by atoms with Crippen LogP contribution in [0.5, 0.6) is 5.75 Å². The number of benzene rings is 2. The number of hydrogen-bond donors (Lipinski definition) is 2. The first-order chi connectivity index (χ1) is 10.1. The van der Waals surface area contributed by atoms with Crippen molar-refractivity contribution in [2.45, 2.75) is 18.9 Å². The first-order valence-corrected chi connectivity index (χ1v) is 7.65. The van der Waals surface area contributed by atoms with Crippen LogP contribution in [0, 0.1) is 6.92 Å². The second kappa shape index (κ2) is 7.07. The lowest BCUT2D eigenvalue weighted by Gasteiger charge is -2.25. The molecule has 0 saturated carbocycles. The fraction of sp³-hybridized carbons (Fsp3) is 0.294. The van der Waals surface area contributed by atoms with Crippen molar-refractivity contribution in [3.8, 4) is 5.75 Å². The highest BCUT2D eigenvalue weighted by molar-refractivity contribution is 9.10. The molecule has 0 fully saturated rings. The van der Waals surface area contributed by atoms with Gasteiger partial charge in [-0.05, 0) is 30.7 Å². The number of hydrogen-bond acceptors (Lipinski definition) is 3. The molecule has 2 unspecified atom stereocenters. The van der Waals surface area contributed by atoms with E-state index >= 15 is 0 Å². The van der Waals surface area contributed by atoms with Gasteiger partial charge < -0.3 is 15.6 Å². The molecule has 0 aliphatic rings. The number of aliphatic hydroxyl groups is 1. The number of rotatable bonds is 5. The Balaban J connectivity index is 2.44. The van der Waals surface area contributed by atoms with Gasteiger partial charge in [-0.25, -0.2) is 0 Å². The summed E-state index contributed by atoms with van der Waals surface area (Å²) < 4.78 is 6.32. The number of ether oxygens (including phenoxy) is 1. The minimum atomic E-state index is -0.719. The maximum atomic E-state index is 10.8. The molecule has 2 aromatic carbocycles. The van der Waals surface area contributed by atoms with Gasteiger partial charge >= 0.3 is 0 Å². The molecule has 2 aromatic rings. The SMILES string of the molecule is COc1ccc(C)cc1C(O)C(CN)c1ccccc1Br. The number of halogens is 1. The summed E-state index contributed by atoms with van der Waals surface area (Å²) in [6.07, 6.45) is -0.719. The van der Waals surface area contributed by atoms with Gasteiger partial charge in [-0.3, -0.25) is 0 Å². The Morgan fingerprint density at radius 1 is 1.19 bits per heavy atom. The van der Waals surface area contributed by atoms with Gasteiger partial charge in [-0.2, -0.15) is 0 Å². The molecule has 0 spiro atoms. The minimum Gasteiger partial charge on any atom is -0.496 e. The predicted octanol–water partition coefficient (Wildman–Crippen LogP) is 3.54. The van der Waals surface area contributed by atoms with Crippen LogP contribution in [0.4, 0.5) is 0 Å². The van der Waals surface area contributed by atoms with Crippen molar-refractivity contribution >= 4 is 15.9 Å². The van der Waals surface area contributed by atoms with Crippen LogP contribution in [-0.4, -0.2) is 18.8 Å². The lowest BCUT2D eigenvalue weighted by atomic mass is 9.88. The molecule has 0 radical (unpaired) electrons. The molecule has 0 amide bonds. The molecule has 112 valence electrons. The van der Waals surface area contributed by atoms with Crippen LogP contribution in [0.1, 0.15) is 28.7 Å². The molecule has 0 aliphatic carbocycles. The summed E-state index contributed by atoms with van der Waals surface area (Å²) in [5, 5.41) is 10.8. The van der Waals surface area contributed by atoms with Gasteiger partial charge in [0, 0.05) is 22.5 Å². The summed E-state index contributed by atoms with van der Waals surface area (Å²) in [4.78, 5) is 0. The van der Waals surface area contributed by atoms with Crippen LogP contribution in [0.25, 0.3) is 0 Å². The fourth-order valence-electron chi connectivity index (χ4n) is 2.50. The fourth-order valence-corrected chi connectivity index (χ4v) is 3.08. The first kappa shape index (κ1) is 16.0. The molecule has 2 atom stereocenters. The van der Waals surface area contributed by atoms with Crippen molar-refractivity contribution < 1.29 is 9.84 Å². The highest BCUT2D eigenvalue weighted by Crippen LogP contribution is 2.38. The minimum absolute atomic E-state index is 0.198. The molecule has 21 heavy (non-hydrogen) atoms. The Bertz CT molecular complexity index is 615. The second-order valence-corrected chi connectivity index (χ2v) is 5.91. The van der Waals surface area contributed by atoms with E-state index in [1.807, 2.05) is 49.4 Å². The van der Waals surface area contributed by atoms with Crippen molar-refractivity contribution in [3.05, 3.63) is 63.6 Å². The molecule has 4 heteroatoms. The van der Waals surface area contributed by atoms with Crippen molar-refractivity contribution in [2.75, 3.05) is 13.7 Å². The first-order valence-electron chi connectivity index (χ1n) is 6.85. The lowest BCUT2D eigenvalue weighted by molar-refractivity contribution is 0.143. The normalized spacial score (nSPS) is 13.8. The van der Waals surface area contributed by atoms with E-state index in [2.05, 4.69) is 15.9 Å². The zero-order valence-electron chi connectivity index (χ0n) is 12.2. The summed E-state index contributed by atoms with van der Waals surface area (Å²) in [6.45, 7) is 2.34. The van der Waals surface area contributed by atoms with Gasteiger partial charge in [0.1, 0.15) is 5.75 Å². The molecule has 2 rings (SSSR count). The molecule has 0 aliphatic heterocycles. The van der Waals surface area contributed by atoms with Crippen LogP contribution >= 0.6 is 15.9 Å². The van der Waals surface area contributed by atoms with E-state index in [0.717, 1.165) is 21.2 Å². The molecule has 0 bridgehead atoms. The third-order valence-electron chi connectivity index (χ3n) is 3.64. The molecule has 0 aromatic heterocycles. The molecule has 0 saturated heterocycles. The van der Waals surface area contributed by atoms with E-state index in [-0.39, 0.29) is 5.92 Å². The number of methoxy groups -OCH3 is 1. The molecule has 3 N–H and O–H groups in total. The van der Waals surface area contributed by atoms with Gasteiger partial charge in [-0.1, -0.05) is 45.8 Å². The van der Waals surface area contributed by atoms with E-state index in [4.69, 9.17) is 10.5 Å². The van der Waals surface area contributed by atoms with E-state index < -0.39 is 6.10 Å². The molecule has 3 nitrogen and oxygen atoms in total. The largest absolute Gasteiger partial charge is 0.496 e. The lowest BCUT2D eigenvalue weighted by Crippen LogP contribution is -2.21. The Morgan fingerprint density at radius 3 is 2.52 bits per heavy atom. The summed E-state index contributed by atoms with van der Waals surface area (Å²) in [7, 11) is 1.61. The van der Waals surface area contributed by atoms with Crippen molar-refractivity contribution in [3.63, 3.8) is 0 Å². The zero-order valence-corrected chi connectivity index (χ0v) is 13.8. The maximum absolute atomic E-state index is 10.8. The molecular weight excluding hydrogens is 330 g/mol. The van der Waals surface area contributed by atoms with E-state index in [1.165, 1.54) is 0 Å². The summed E-state index contributed by atoms with van der Waals surface area (Å²) in [5.41, 5.74) is 8.76. The van der Waals surface area contributed by atoms with Gasteiger partial charge in [-0.15, -0.1) is 0 Å². The van der Waals surface area contributed by atoms with Crippen LogP contribution in [0.2, 0.25) is 0 Å². The summed E-state index contributed by atoms with van der Waals surface area (Å²) in [6, 6.07) is 13.6. The van der Waals surface area contributed by atoms with Crippen molar-refractivity contribution in [1.29, 1.82) is 0 Å². The Kier molecular flexibility index (Phi) is 5.39. The third kappa shape index (κ3) is 3.46. The summed E-state index contributed by atoms with van der Waals surface area (Å²) in [5.74, 6) is 0.481. The highest BCUT2D eigenvalue weighted by Gasteiger charge is 2.25. The number of nitrogens with two attached hydrogens (primary N) is 1. The Labute approximate surface area is 133 Å². The predicted molar refractivity (Wildman–Crippen MR) is 88.6 cm³/mol. The van der Waals surface area contributed by atoms with Crippen molar-refractivity contribution in [2.24, 2.45) is 5.73 Å².